The highest BCUT2D eigenvalue weighted by atomic mass is 32.2. The van der Waals surface area contributed by atoms with E-state index in [0.717, 1.165) is 30.1 Å². The second-order valence-electron chi connectivity index (χ2n) is 8.64. The van der Waals surface area contributed by atoms with Crippen LogP contribution in [0.4, 0.5) is 8.78 Å². The normalized spacial score (nSPS) is 18.7. The predicted octanol–water partition coefficient (Wildman–Crippen LogP) is 3.99. The van der Waals surface area contributed by atoms with Gasteiger partial charge in [-0.2, -0.15) is 5.10 Å². The number of nitrogens with one attached hydrogen (secondary N) is 1. The lowest BCUT2D eigenvalue weighted by molar-refractivity contribution is 0.296. The largest absolute Gasteiger partial charge is 0.264 e. The van der Waals surface area contributed by atoms with Crippen molar-refractivity contribution < 1.29 is 17.2 Å². The zero-order valence-corrected chi connectivity index (χ0v) is 19.0. The first-order chi connectivity index (χ1) is 15.1. The van der Waals surface area contributed by atoms with E-state index in [0.29, 0.717) is 29.8 Å². The minimum absolute atomic E-state index is 0.249. The molecule has 0 bridgehead atoms. The molecule has 0 aliphatic carbocycles. The number of sulfonamides is 1. The van der Waals surface area contributed by atoms with Crippen molar-refractivity contribution in [3.63, 3.8) is 0 Å². The van der Waals surface area contributed by atoms with Crippen LogP contribution >= 0.6 is 0 Å². The van der Waals surface area contributed by atoms with Crippen molar-refractivity contribution in [1.82, 2.24) is 19.5 Å². The smallest absolute Gasteiger partial charge is 0.209 e. The Morgan fingerprint density at radius 3 is 2.53 bits per heavy atom. The van der Waals surface area contributed by atoms with Crippen molar-refractivity contribution in [1.29, 1.82) is 0 Å². The summed E-state index contributed by atoms with van der Waals surface area (Å²) in [6.07, 6.45) is 2.94. The van der Waals surface area contributed by atoms with E-state index in [1.807, 2.05) is 10.7 Å². The van der Waals surface area contributed by atoms with Gasteiger partial charge in [-0.3, -0.25) is 9.67 Å². The molecule has 1 aliphatic heterocycles. The molecule has 3 aromatic rings. The summed E-state index contributed by atoms with van der Waals surface area (Å²) in [5.74, 6) is -1.09. The second kappa shape index (κ2) is 8.71. The van der Waals surface area contributed by atoms with E-state index >= 15 is 0 Å². The molecule has 0 radical (unpaired) electrons. The Labute approximate surface area is 186 Å². The van der Waals surface area contributed by atoms with Crippen LogP contribution in [0.3, 0.4) is 0 Å². The first kappa shape index (κ1) is 22.5. The molecule has 32 heavy (non-hydrogen) atoms. The molecule has 170 valence electrons. The molecule has 2 aromatic heterocycles. The van der Waals surface area contributed by atoms with Crippen molar-refractivity contribution >= 4 is 10.0 Å². The van der Waals surface area contributed by atoms with E-state index in [4.69, 9.17) is 5.10 Å². The highest BCUT2D eigenvalue weighted by Crippen LogP contribution is 2.31. The maximum atomic E-state index is 13.7. The van der Waals surface area contributed by atoms with Gasteiger partial charge >= 0.3 is 0 Å². The molecule has 1 aromatic carbocycles. The van der Waals surface area contributed by atoms with E-state index < -0.39 is 21.7 Å². The first-order valence-electron chi connectivity index (χ1n) is 10.6. The highest BCUT2D eigenvalue weighted by Gasteiger charge is 2.33. The molecule has 3 heterocycles. The Morgan fingerprint density at radius 2 is 1.88 bits per heavy atom. The monoisotopic (exact) mass is 460 g/mol. The van der Waals surface area contributed by atoms with E-state index in [2.05, 4.69) is 29.6 Å². The number of aryl methyl sites for hydroxylation is 1. The van der Waals surface area contributed by atoms with Crippen LogP contribution in [-0.4, -0.2) is 35.5 Å². The molecule has 0 spiro atoms. The number of aromatic nitrogens is 3. The molecular weight excluding hydrogens is 434 g/mol. The summed E-state index contributed by atoms with van der Waals surface area (Å²) in [7, 11) is -3.42. The molecular formula is C23H26F2N4O2S. The maximum absolute atomic E-state index is 13.7. The van der Waals surface area contributed by atoms with Gasteiger partial charge in [0.1, 0.15) is 11.6 Å². The predicted molar refractivity (Wildman–Crippen MR) is 119 cm³/mol. The number of rotatable bonds is 6. The van der Waals surface area contributed by atoms with Crippen LogP contribution in [0.1, 0.15) is 49.3 Å². The van der Waals surface area contributed by atoms with E-state index in [1.165, 1.54) is 12.1 Å². The quantitative estimate of drug-likeness (QED) is 0.603. The summed E-state index contributed by atoms with van der Waals surface area (Å²) >= 11 is 0. The number of hydrogen-bond donors (Lipinski definition) is 1. The minimum Gasteiger partial charge on any atom is -0.264 e. The van der Waals surface area contributed by atoms with Crippen LogP contribution in [0.2, 0.25) is 0 Å². The fourth-order valence-electron chi connectivity index (χ4n) is 4.19. The molecule has 6 nitrogen and oxygen atoms in total. The van der Waals surface area contributed by atoms with Crippen molar-refractivity contribution in [2.45, 2.75) is 51.1 Å². The zero-order valence-electron chi connectivity index (χ0n) is 18.2. The summed E-state index contributed by atoms with van der Waals surface area (Å²) in [5, 5.41) is 4.77. The van der Waals surface area contributed by atoms with Gasteiger partial charge in [-0.15, -0.1) is 0 Å². The summed E-state index contributed by atoms with van der Waals surface area (Å²) in [4.78, 5) is 4.61. The molecule has 0 amide bonds. The summed E-state index contributed by atoms with van der Waals surface area (Å²) in [6.45, 7) is 4.14. The lowest BCUT2D eigenvalue weighted by Crippen LogP contribution is -2.45. The van der Waals surface area contributed by atoms with Gasteiger partial charge < -0.3 is 0 Å². The van der Waals surface area contributed by atoms with Gasteiger partial charge in [-0.1, -0.05) is 19.9 Å². The Balaban J connectivity index is 1.70. The van der Waals surface area contributed by atoms with E-state index in [9.17, 15) is 17.2 Å². The third kappa shape index (κ3) is 5.05. The van der Waals surface area contributed by atoms with Crippen molar-refractivity contribution in [2.75, 3.05) is 6.26 Å². The molecule has 0 saturated heterocycles. The fourth-order valence-corrected chi connectivity index (χ4v) is 5.01. The van der Waals surface area contributed by atoms with Gasteiger partial charge in [-0.25, -0.2) is 21.9 Å². The molecule has 0 fully saturated rings. The number of nitrogens with zero attached hydrogens (tertiary/aromatic N) is 3. The SMILES string of the molecule is CC(C)c1cc2n(n1)C(Cc1cccc(-c3cc(F)cc(F)c3)n1)C(NS(C)(=O)=O)CC2. The van der Waals surface area contributed by atoms with Gasteiger partial charge in [0, 0.05) is 35.5 Å². The number of pyridine rings is 1. The molecule has 2 atom stereocenters. The maximum Gasteiger partial charge on any atom is 0.209 e. The topological polar surface area (TPSA) is 76.9 Å². The standard InChI is InChI=1S/C23H26F2N4O2S/c1-14(2)22-13-19-7-8-21(28-32(3,30)31)23(29(19)27-22)12-18-5-4-6-20(26-18)15-9-16(24)11-17(25)10-15/h4-6,9-11,13-14,21,23,28H,7-8,12H2,1-3H3. The van der Waals surface area contributed by atoms with E-state index in [-0.39, 0.29) is 18.0 Å². The van der Waals surface area contributed by atoms with Gasteiger partial charge in [-0.05, 0) is 49.1 Å². The number of halogens is 2. The Hall–Kier alpha value is -2.65. The second-order valence-corrected chi connectivity index (χ2v) is 10.4. The summed E-state index contributed by atoms with van der Waals surface area (Å²) < 4.78 is 56.0. The first-order valence-corrected chi connectivity index (χ1v) is 12.5. The van der Waals surface area contributed by atoms with Gasteiger partial charge in [0.15, 0.2) is 0 Å². The van der Waals surface area contributed by atoms with Gasteiger partial charge in [0.2, 0.25) is 10.0 Å². The fraction of sp³-hybridized carbons (Fsp3) is 0.391. The highest BCUT2D eigenvalue weighted by molar-refractivity contribution is 7.88. The molecule has 0 saturated carbocycles. The number of fused-ring (bicyclic) bond motifs is 1. The molecule has 9 heteroatoms. The lowest BCUT2D eigenvalue weighted by Gasteiger charge is -2.33. The molecule has 4 rings (SSSR count). The third-order valence-electron chi connectivity index (χ3n) is 5.66. The minimum atomic E-state index is -3.42. The summed E-state index contributed by atoms with van der Waals surface area (Å²) in [6, 6.07) is 10.1. The number of benzene rings is 1. The Bertz CT molecular complexity index is 1220. The zero-order chi connectivity index (χ0) is 23.0. The van der Waals surface area contributed by atoms with Crippen molar-refractivity contribution in [3.8, 4) is 11.3 Å². The molecule has 1 aliphatic rings. The van der Waals surface area contributed by atoms with Gasteiger partial charge in [0.05, 0.1) is 23.7 Å². The third-order valence-corrected chi connectivity index (χ3v) is 6.39. The lowest BCUT2D eigenvalue weighted by atomic mass is 9.94. The molecule has 2 unspecified atom stereocenters. The van der Waals surface area contributed by atoms with Crippen LogP contribution in [0.25, 0.3) is 11.3 Å². The Morgan fingerprint density at radius 1 is 1.16 bits per heavy atom. The van der Waals surface area contributed by atoms with Gasteiger partial charge in [0.25, 0.3) is 0 Å². The van der Waals surface area contributed by atoms with Crippen LogP contribution in [0, 0.1) is 11.6 Å². The van der Waals surface area contributed by atoms with Crippen LogP contribution in [0.15, 0.2) is 42.5 Å². The van der Waals surface area contributed by atoms with Crippen LogP contribution < -0.4 is 4.72 Å². The van der Waals surface area contributed by atoms with Crippen molar-refractivity contribution in [2.24, 2.45) is 0 Å². The average molecular weight is 461 g/mol. The molecule has 1 N–H and O–H groups in total. The van der Waals surface area contributed by atoms with Crippen molar-refractivity contribution in [3.05, 3.63) is 71.2 Å². The average Bonchev–Trinajstić information content (AvgIpc) is 3.13. The van der Waals surface area contributed by atoms with Crippen LogP contribution in [-0.2, 0) is 22.9 Å². The number of hydrogen-bond acceptors (Lipinski definition) is 4. The Kier molecular flexibility index (Phi) is 6.13. The van der Waals surface area contributed by atoms with Crippen LogP contribution in [0.5, 0.6) is 0 Å². The summed E-state index contributed by atoms with van der Waals surface area (Å²) in [5.41, 5.74) is 3.51. The van der Waals surface area contributed by atoms with E-state index in [1.54, 1.807) is 12.1 Å².